The van der Waals surface area contributed by atoms with Gasteiger partial charge in [-0.1, -0.05) is 23.8 Å². The Labute approximate surface area is 146 Å². The van der Waals surface area contributed by atoms with Crippen molar-refractivity contribution in [3.8, 4) is 5.75 Å². The number of nitrogens with one attached hydrogen (secondary N) is 1. The molecule has 2 amide bonds. The fourth-order valence-electron chi connectivity index (χ4n) is 2.15. The molecule has 0 atom stereocenters. The fourth-order valence-corrected chi connectivity index (χ4v) is 2.15. The van der Waals surface area contributed by atoms with Crippen LogP contribution in [0.3, 0.4) is 0 Å². The predicted octanol–water partition coefficient (Wildman–Crippen LogP) is 3.00. The molecule has 0 aromatic heterocycles. The molecule has 0 saturated carbocycles. The Balaban J connectivity index is 1.73. The van der Waals surface area contributed by atoms with Gasteiger partial charge < -0.3 is 15.0 Å². The van der Waals surface area contributed by atoms with Gasteiger partial charge in [-0.25, -0.2) is 4.39 Å². The summed E-state index contributed by atoms with van der Waals surface area (Å²) >= 11 is 0. The van der Waals surface area contributed by atoms with E-state index in [2.05, 4.69) is 5.32 Å². The maximum absolute atomic E-state index is 13.1. The maximum Gasteiger partial charge on any atom is 0.243 e. The fraction of sp³-hybridized carbons (Fsp3) is 0.263. The molecule has 0 aliphatic rings. The Morgan fingerprint density at radius 3 is 2.56 bits per heavy atom. The quantitative estimate of drug-likeness (QED) is 0.840. The van der Waals surface area contributed by atoms with Crippen LogP contribution in [0, 0.1) is 12.7 Å². The number of carbonyl (C=O) groups excluding carboxylic acids is 2. The van der Waals surface area contributed by atoms with Crippen molar-refractivity contribution in [2.45, 2.75) is 13.3 Å². The van der Waals surface area contributed by atoms with E-state index >= 15 is 0 Å². The van der Waals surface area contributed by atoms with Crippen LogP contribution in [0.5, 0.6) is 5.75 Å². The van der Waals surface area contributed by atoms with Crippen LogP contribution in [-0.2, 0) is 9.59 Å². The van der Waals surface area contributed by atoms with Gasteiger partial charge in [-0.2, -0.15) is 0 Å². The second-order valence-electron chi connectivity index (χ2n) is 5.72. The topological polar surface area (TPSA) is 58.6 Å². The minimum atomic E-state index is -0.435. The number of amides is 2. The van der Waals surface area contributed by atoms with Crippen molar-refractivity contribution < 1.29 is 18.7 Å². The molecular weight excluding hydrogens is 323 g/mol. The van der Waals surface area contributed by atoms with Crippen molar-refractivity contribution in [1.29, 1.82) is 0 Å². The highest BCUT2D eigenvalue weighted by Gasteiger charge is 2.13. The number of nitrogens with zero attached hydrogens (tertiary/aromatic N) is 1. The zero-order valence-electron chi connectivity index (χ0n) is 14.3. The highest BCUT2D eigenvalue weighted by atomic mass is 19.1. The zero-order chi connectivity index (χ0) is 18.2. The van der Waals surface area contributed by atoms with Gasteiger partial charge in [0.1, 0.15) is 11.6 Å². The SMILES string of the molecule is Cc1ccc(OCCC(=O)N(C)CC(=O)Nc2cccc(F)c2)cc1. The van der Waals surface area contributed by atoms with Crippen molar-refractivity contribution in [3.05, 3.63) is 59.9 Å². The summed E-state index contributed by atoms with van der Waals surface area (Å²) < 4.78 is 18.6. The summed E-state index contributed by atoms with van der Waals surface area (Å²) in [5.74, 6) is -0.331. The molecule has 2 aromatic carbocycles. The summed E-state index contributed by atoms with van der Waals surface area (Å²) in [6.07, 6.45) is 0.164. The molecule has 2 aromatic rings. The lowest BCUT2D eigenvalue weighted by molar-refractivity contribution is -0.133. The molecule has 0 bridgehead atoms. The Bertz CT molecular complexity index is 732. The van der Waals surface area contributed by atoms with Crippen LogP contribution in [0.4, 0.5) is 10.1 Å². The first-order chi connectivity index (χ1) is 11.9. The number of hydrogen-bond donors (Lipinski definition) is 1. The number of carbonyl (C=O) groups is 2. The van der Waals surface area contributed by atoms with Crippen LogP contribution < -0.4 is 10.1 Å². The molecule has 0 saturated heterocycles. The summed E-state index contributed by atoms with van der Waals surface area (Å²) in [4.78, 5) is 25.3. The highest BCUT2D eigenvalue weighted by Crippen LogP contribution is 2.12. The van der Waals surface area contributed by atoms with Gasteiger partial charge in [0.15, 0.2) is 0 Å². The second-order valence-corrected chi connectivity index (χ2v) is 5.72. The number of rotatable bonds is 7. The molecule has 0 unspecified atom stereocenters. The molecule has 0 spiro atoms. The molecule has 0 heterocycles. The third-order valence-corrected chi connectivity index (χ3v) is 3.52. The number of benzene rings is 2. The van der Waals surface area contributed by atoms with E-state index in [1.54, 1.807) is 13.1 Å². The molecule has 25 heavy (non-hydrogen) atoms. The molecule has 5 nitrogen and oxygen atoms in total. The lowest BCUT2D eigenvalue weighted by atomic mass is 10.2. The first kappa shape index (κ1) is 18.4. The molecule has 6 heteroatoms. The molecule has 132 valence electrons. The maximum atomic E-state index is 13.1. The number of hydrogen-bond acceptors (Lipinski definition) is 3. The first-order valence-corrected chi connectivity index (χ1v) is 7.93. The van der Waals surface area contributed by atoms with Crippen molar-refractivity contribution in [3.63, 3.8) is 0 Å². The van der Waals surface area contributed by atoms with Crippen LogP contribution >= 0.6 is 0 Å². The van der Waals surface area contributed by atoms with Gasteiger partial charge in [0.25, 0.3) is 0 Å². The summed E-state index contributed by atoms with van der Waals surface area (Å²) in [5.41, 5.74) is 1.49. The Morgan fingerprint density at radius 1 is 1.16 bits per heavy atom. The van der Waals surface area contributed by atoms with Gasteiger partial charge in [-0.3, -0.25) is 9.59 Å². The van der Waals surface area contributed by atoms with Gasteiger partial charge in [-0.05, 0) is 37.3 Å². The van der Waals surface area contributed by atoms with Crippen LogP contribution in [0.25, 0.3) is 0 Å². The first-order valence-electron chi connectivity index (χ1n) is 7.93. The third-order valence-electron chi connectivity index (χ3n) is 3.52. The average molecular weight is 344 g/mol. The molecular formula is C19H21FN2O3. The summed E-state index contributed by atoms with van der Waals surface area (Å²) in [5, 5.41) is 2.55. The van der Waals surface area contributed by atoms with E-state index in [4.69, 9.17) is 4.74 Å². The number of halogens is 1. The number of ether oxygens (including phenoxy) is 1. The van der Waals surface area contributed by atoms with E-state index in [0.717, 1.165) is 5.56 Å². The Kier molecular flexibility index (Phi) is 6.51. The summed E-state index contributed by atoms with van der Waals surface area (Å²) in [6, 6.07) is 13.1. The highest BCUT2D eigenvalue weighted by molar-refractivity contribution is 5.94. The number of likely N-dealkylation sites (N-methyl/N-ethyl adjacent to an activating group) is 1. The lowest BCUT2D eigenvalue weighted by Crippen LogP contribution is -2.35. The third kappa shape index (κ3) is 6.25. The van der Waals surface area contributed by atoms with Crippen molar-refractivity contribution >= 4 is 17.5 Å². The van der Waals surface area contributed by atoms with Gasteiger partial charge in [-0.15, -0.1) is 0 Å². The normalized spacial score (nSPS) is 10.2. The number of anilines is 1. The smallest absolute Gasteiger partial charge is 0.243 e. The van der Waals surface area contributed by atoms with E-state index in [1.807, 2.05) is 31.2 Å². The molecule has 0 aliphatic heterocycles. The minimum Gasteiger partial charge on any atom is -0.493 e. The standard InChI is InChI=1S/C19H21FN2O3/c1-14-6-8-17(9-7-14)25-11-10-19(24)22(2)13-18(23)21-16-5-3-4-15(20)12-16/h3-9,12H,10-11,13H2,1-2H3,(H,21,23). The Morgan fingerprint density at radius 2 is 1.88 bits per heavy atom. The van der Waals surface area contributed by atoms with Crippen molar-refractivity contribution in [2.75, 3.05) is 25.5 Å². The second kappa shape index (κ2) is 8.82. The average Bonchev–Trinajstić information content (AvgIpc) is 2.56. The van der Waals surface area contributed by atoms with Crippen molar-refractivity contribution in [1.82, 2.24) is 4.90 Å². The predicted molar refractivity (Wildman–Crippen MR) is 94.0 cm³/mol. The minimum absolute atomic E-state index is 0.111. The molecule has 0 aliphatic carbocycles. The molecule has 2 rings (SSSR count). The monoisotopic (exact) mass is 344 g/mol. The molecule has 0 radical (unpaired) electrons. The summed E-state index contributed by atoms with van der Waals surface area (Å²) in [6.45, 7) is 2.11. The lowest BCUT2D eigenvalue weighted by Gasteiger charge is -2.17. The van der Waals surface area contributed by atoms with Crippen molar-refractivity contribution in [2.24, 2.45) is 0 Å². The Hall–Kier alpha value is -2.89. The van der Waals surface area contributed by atoms with Gasteiger partial charge >= 0.3 is 0 Å². The molecule has 1 N–H and O–H groups in total. The van der Waals surface area contributed by atoms with Crippen LogP contribution in [0.2, 0.25) is 0 Å². The van der Waals surface area contributed by atoms with Crippen LogP contribution in [-0.4, -0.2) is 36.9 Å². The van der Waals surface area contributed by atoms with E-state index in [0.29, 0.717) is 11.4 Å². The van der Waals surface area contributed by atoms with E-state index in [9.17, 15) is 14.0 Å². The largest absolute Gasteiger partial charge is 0.493 e. The van der Waals surface area contributed by atoms with E-state index in [1.165, 1.54) is 23.1 Å². The number of aryl methyl sites for hydroxylation is 1. The van der Waals surface area contributed by atoms with Crippen LogP contribution in [0.15, 0.2) is 48.5 Å². The van der Waals surface area contributed by atoms with E-state index < -0.39 is 5.82 Å². The summed E-state index contributed by atoms with van der Waals surface area (Å²) in [7, 11) is 1.54. The van der Waals surface area contributed by atoms with Gasteiger partial charge in [0, 0.05) is 12.7 Å². The zero-order valence-corrected chi connectivity index (χ0v) is 14.3. The molecule has 0 fully saturated rings. The van der Waals surface area contributed by atoms with Gasteiger partial charge in [0.2, 0.25) is 11.8 Å². The van der Waals surface area contributed by atoms with Gasteiger partial charge in [0.05, 0.1) is 19.6 Å². The van der Waals surface area contributed by atoms with E-state index in [-0.39, 0.29) is 31.4 Å². The van der Waals surface area contributed by atoms with Crippen LogP contribution in [0.1, 0.15) is 12.0 Å².